The Balaban J connectivity index is 2.14. The molecule has 1 aliphatic carbocycles. The molecule has 0 saturated heterocycles. The zero-order chi connectivity index (χ0) is 13.1. The molecule has 2 heteroatoms. The molecule has 0 saturated carbocycles. The molecule has 0 amide bonds. The van der Waals surface area contributed by atoms with Gasteiger partial charge in [0.15, 0.2) is 0 Å². The summed E-state index contributed by atoms with van der Waals surface area (Å²) in [5.74, 6) is 0.428. The van der Waals surface area contributed by atoms with Crippen LogP contribution in [0.1, 0.15) is 22.4 Å². The van der Waals surface area contributed by atoms with Gasteiger partial charge in [-0.1, -0.05) is 24.3 Å². The number of rotatable bonds is 0. The van der Waals surface area contributed by atoms with Crippen LogP contribution in [0.25, 0.3) is 22.0 Å². The minimum atomic E-state index is 0.428. The van der Waals surface area contributed by atoms with Gasteiger partial charge in [0.25, 0.3) is 0 Å². The van der Waals surface area contributed by atoms with Crippen molar-refractivity contribution >= 4 is 10.9 Å². The number of phenols is 1. The molecule has 0 atom stereocenters. The fourth-order valence-electron chi connectivity index (χ4n) is 3.35. The first kappa shape index (κ1) is 10.7. The third-order valence-corrected chi connectivity index (χ3v) is 4.22. The van der Waals surface area contributed by atoms with Crippen molar-refractivity contribution in [3.8, 4) is 16.9 Å². The number of aryl methyl sites for hydroxylation is 1. The van der Waals surface area contributed by atoms with Gasteiger partial charge in [0.1, 0.15) is 5.75 Å². The highest BCUT2D eigenvalue weighted by Crippen LogP contribution is 2.46. The van der Waals surface area contributed by atoms with Crippen molar-refractivity contribution in [2.75, 3.05) is 0 Å². The molecule has 3 aromatic rings. The molecule has 4 rings (SSSR count). The summed E-state index contributed by atoms with van der Waals surface area (Å²) >= 11 is 0. The normalized spacial score (nSPS) is 12.7. The van der Waals surface area contributed by atoms with Gasteiger partial charge in [-0.25, -0.2) is 0 Å². The van der Waals surface area contributed by atoms with E-state index in [1.807, 2.05) is 19.9 Å². The van der Waals surface area contributed by atoms with Crippen molar-refractivity contribution in [3.63, 3.8) is 0 Å². The molecule has 2 nitrogen and oxygen atoms in total. The largest absolute Gasteiger partial charge is 0.507 e. The molecule has 19 heavy (non-hydrogen) atoms. The summed E-state index contributed by atoms with van der Waals surface area (Å²) in [6, 6.07) is 10.5. The number of hydrogen-bond donors (Lipinski definition) is 2. The van der Waals surface area contributed by atoms with Crippen LogP contribution in [0.3, 0.4) is 0 Å². The second-order valence-electron chi connectivity index (χ2n) is 5.40. The lowest BCUT2D eigenvalue weighted by Gasteiger charge is -2.10. The number of phenolic OH excluding ortho intramolecular Hbond substituents is 1. The fourth-order valence-corrected chi connectivity index (χ4v) is 3.35. The van der Waals surface area contributed by atoms with Crippen molar-refractivity contribution in [1.82, 2.24) is 4.98 Å². The molecule has 2 N–H and O–H groups in total. The molecule has 0 unspecified atom stereocenters. The first-order chi connectivity index (χ1) is 9.16. The Kier molecular flexibility index (Phi) is 1.92. The Morgan fingerprint density at radius 1 is 1.11 bits per heavy atom. The van der Waals surface area contributed by atoms with E-state index < -0.39 is 0 Å². The lowest BCUT2D eigenvalue weighted by Crippen LogP contribution is -1.89. The van der Waals surface area contributed by atoms with E-state index in [0.717, 1.165) is 17.5 Å². The van der Waals surface area contributed by atoms with Gasteiger partial charge >= 0.3 is 0 Å². The van der Waals surface area contributed by atoms with E-state index >= 15 is 0 Å². The molecule has 0 bridgehead atoms. The van der Waals surface area contributed by atoms with Gasteiger partial charge in [-0.15, -0.1) is 0 Å². The summed E-state index contributed by atoms with van der Waals surface area (Å²) in [6.07, 6.45) is 0.932. The topological polar surface area (TPSA) is 36.0 Å². The standard InChI is InChI=1S/C17H15NO/c1-9-7-11-8-14-16(15(11)10(2)17(9)19)12-5-3-4-6-13(12)18-14/h3-7,18-19H,8H2,1-2H3. The fraction of sp³-hybridized carbons (Fsp3) is 0.176. The Morgan fingerprint density at radius 3 is 2.74 bits per heavy atom. The Morgan fingerprint density at radius 2 is 1.89 bits per heavy atom. The summed E-state index contributed by atoms with van der Waals surface area (Å²) in [6.45, 7) is 3.98. The van der Waals surface area contributed by atoms with Crippen LogP contribution in [0.4, 0.5) is 0 Å². The Bertz CT molecular complexity index is 827. The van der Waals surface area contributed by atoms with Crippen LogP contribution in [0.2, 0.25) is 0 Å². The second kappa shape index (κ2) is 3.41. The van der Waals surface area contributed by atoms with Crippen molar-refractivity contribution in [2.45, 2.75) is 20.3 Å². The van der Waals surface area contributed by atoms with E-state index in [1.165, 1.54) is 33.3 Å². The highest BCUT2D eigenvalue weighted by Gasteiger charge is 2.26. The number of aromatic amines is 1. The number of para-hydroxylation sites is 1. The van der Waals surface area contributed by atoms with E-state index in [9.17, 15) is 5.11 Å². The highest BCUT2D eigenvalue weighted by atomic mass is 16.3. The van der Waals surface area contributed by atoms with Gasteiger partial charge < -0.3 is 10.1 Å². The van der Waals surface area contributed by atoms with E-state index in [4.69, 9.17) is 0 Å². The molecule has 0 spiro atoms. The van der Waals surface area contributed by atoms with E-state index in [-0.39, 0.29) is 0 Å². The van der Waals surface area contributed by atoms with Crippen molar-refractivity contribution < 1.29 is 5.11 Å². The molecule has 0 aliphatic heterocycles. The van der Waals surface area contributed by atoms with E-state index in [0.29, 0.717) is 5.75 Å². The summed E-state index contributed by atoms with van der Waals surface area (Å²) in [5.41, 5.74) is 8.22. The number of aromatic hydroxyl groups is 1. The van der Waals surface area contributed by atoms with Gasteiger partial charge in [0.2, 0.25) is 0 Å². The molecule has 94 valence electrons. The number of H-pyrrole nitrogens is 1. The lowest BCUT2D eigenvalue weighted by atomic mass is 9.96. The average Bonchev–Trinajstić information content (AvgIpc) is 2.91. The first-order valence-electron chi connectivity index (χ1n) is 6.59. The number of aromatic nitrogens is 1. The van der Waals surface area contributed by atoms with Gasteiger partial charge in [0, 0.05) is 28.6 Å². The maximum Gasteiger partial charge on any atom is 0.122 e. The number of nitrogens with one attached hydrogen (secondary N) is 1. The maximum absolute atomic E-state index is 10.2. The van der Waals surface area contributed by atoms with Crippen LogP contribution in [0, 0.1) is 13.8 Å². The molecule has 1 aromatic heterocycles. The number of hydrogen-bond acceptors (Lipinski definition) is 1. The number of benzene rings is 2. The third kappa shape index (κ3) is 1.26. The maximum atomic E-state index is 10.2. The SMILES string of the molecule is Cc1cc2c(c(C)c1O)-c1c([nH]c3ccccc13)C2. The smallest absolute Gasteiger partial charge is 0.122 e. The zero-order valence-corrected chi connectivity index (χ0v) is 11.0. The summed E-state index contributed by atoms with van der Waals surface area (Å²) < 4.78 is 0. The minimum Gasteiger partial charge on any atom is -0.507 e. The van der Waals surface area contributed by atoms with Crippen LogP contribution < -0.4 is 0 Å². The lowest BCUT2D eigenvalue weighted by molar-refractivity contribution is 0.467. The van der Waals surface area contributed by atoms with Crippen LogP contribution in [-0.4, -0.2) is 10.1 Å². The zero-order valence-electron chi connectivity index (χ0n) is 11.0. The molecule has 2 aromatic carbocycles. The minimum absolute atomic E-state index is 0.428. The van der Waals surface area contributed by atoms with Crippen molar-refractivity contribution in [3.05, 3.63) is 52.7 Å². The molecular formula is C17H15NO. The predicted octanol–water partition coefficient (Wildman–Crippen LogP) is 4.06. The van der Waals surface area contributed by atoms with Gasteiger partial charge in [-0.2, -0.15) is 0 Å². The monoisotopic (exact) mass is 249 g/mol. The molecule has 1 aliphatic rings. The van der Waals surface area contributed by atoms with Crippen LogP contribution >= 0.6 is 0 Å². The second-order valence-corrected chi connectivity index (χ2v) is 5.40. The van der Waals surface area contributed by atoms with E-state index in [1.54, 1.807) is 0 Å². The molecular weight excluding hydrogens is 234 g/mol. The number of fused-ring (bicyclic) bond motifs is 5. The third-order valence-electron chi connectivity index (χ3n) is 4.22. The highest BCUT2D eigenvalue weighted by molar-refractivity contribution is 6.01. The quantitative estimate of drug-likeness (QED) is 0.484. The first-order valence-corrected chi connectivity index (χ1v) is 6.59. The summed E-state index contributed by atoms with van der Waals surface area (Å²) in [5, 5.41) is 11.4. The molecule has 0 fully saturated rings. The van der Waals surface area contributed by atoms with Crippen LogP contribution in [0.15, 0.2) is 30.3 Å². The van der Waals surface area contributed by atoms with Crippen LogP contribution in [0.5, 0.6) is 5.75 Å². The van der Waals surface area contributed by atoms with E-state index in [2.05, 4.69) is 29.2 Å². The van der Waals surface area contributed by atoms with Crippen molar-refractivity contribution in [1.29, 1.82) is 0 Å². The predicted molar refractivity (Wildman–Crippen MR) is 77.7 cm³/mol. The summed E-state index contributed by atoms with van der Waals surface area (Å²) in [4.78, 5) is 3.51. The Hall–Kier alpha value is -2.22. The van der Waals surface area contributed by atoms with Gasteiger partial charge in [0.05, 0.1) is 0 Å². The van der Waals surface area contributed by atoms with Crippen molar-refractivity contribution in [2.24, 2.45) is 0 Å². The molecule has 1 heterocycles. The Labute approximate surface area is 111 Å². The van der Waals surface area contributed by atoms with Crippen LogP contribution in [-0.2, 0) is 6.42 Å². The average molecular weight is 249 g/mol. The molecule has 0 radical (unpaired) electrons. The van der Waals surface area contributed by atoms with Gasteiger partial charge in [-0.3, -0.25) is 0 Å². The van der Waals surface area contributed by atoms with Gasteiger partial charge in [-0.05, 0) is 42.2 Å². The summed E-state index contributed by atoms with van der Waals surface area (Å²) in [7, 11) is 0.